The lowest BCUT2D eigenvalue weighted by atomic mass is 9.58. The minimum absolute atomic E-state index is 0.00603. The van der Waals surface area contributed by atoms with Gasteiger partial charge in [-0.25, -0.2) is 9.78 Å². The van der Waals surface area contributed by atoms with Crippen molar-refractivity contribution < 1.29 is 38.7 Å². The number of esters is 1. The lowest BCUT2D eigenvalue weighted by Crippen LogP contribution is -2.70. The molecule has 5 heterocycles. The predicted octanol–water partition coefficient (Wildman–Crippen LogP) is 3.28. The van der Waals surface area contributed by atoms with Gasteiger partial charge in [-0.3, -0.25) is 9.59 Å². The molecule has 6 fully saturated rings. The van der Waals surface area contributed by atoms with Crippen molar-refractivity contribution in [3.63, 3.8) is 0 Å². The number of amides is 1. The number of hydrogen-bond donors (Lipinski definition) is 1. The monoisotopic (exact) mass is 495 g/mol. The molecule has 2 bridgehead atoms. The molecule has 198 valence electrons. The third-order valence-electron chi connectivity index (χ3n) is 9.30. The van der Waals surface area contributed by atoms with Gasteiger partial charge in [-0.05, 0) is 63.7 Å². The van der Waals surface area contributed by atoms with Crippen LogP contribution >= 0.6 is 0 Å². The first-order valence-corrected chi connectivity index (χ1v) is 13.6. The lowest BCUT2D eigenvalue weighted by Gasteiger charge is -2.59. The first kappa shape index (κ1) is 25.4. The third kappa shape index (κ3) is 4.52. The molecule has 1 saturated carbocycles. The maximum absolute atomic E-state index is 12.8. The highest BCUT2D eigenvalue weighted by molar-refractivity contribution is 5.81. The van der Waals surface area contributed by atoms with Crippen LogP contribution in [-0.4, -0.2) is 65.0 Å². The second kappa shape index (κ2) is 9.89. The van der Waals surface area contributed by atoms with Crippen LogP contribution in [-0.2, 0) is 33.6 Å². The van der Waals surface area contributed by atoms with Gasteiger partial charge in [0.2, 0.25) is 18.0 Å². The van der Waals surface area contributed by atoms with Crippen LogP contribution in [0.2, 0.25) is 0 Å². The average molecular weight is 496 g/mol. The highest BCUT2D eigenvalue weighted by Crippen LogP contribution is 2.60. The van der Waals surface area contributed by atoms with Gasteiger partial charge in [-0.1, -0.05) is 13.8 Å². The molecule has 0 radical (unpaired) electrons. The van der Waals surface area contributed by atoms with Gasteiger partial charge >= 0.3 is 5.97 Å². The normalized spacial score (nSPS) is 44.9. The van der Waals surface area contributed by atoms with Gasteiger partial charge in [0, 0.05) is 43.9 Å². The number of hydrogen-bond acceptors (Lipinski definition) is 8. The SMILES string of the molecule is C[C@H]1[C@H](OC(=O)CCC(=O)N2CCCC[C@H]2CCO)O[C@@H]2O[C@@]3(C)CC[C@@H]4[C@H](C)CC[C@H]1[C@@]24OO3. The number of carbonyl (C=O) groups is 2. The van der Waals surface area contributed by atoms with Crippen molar-refractivity contribution in [3.05, 3.63) is 0 Å². The van der Waals surface area contributed by atoms with E-state index in [4.69, 9.17) is 24.0 Å². The zero-order valence-corrected chi connectivity index (χ0v) is 21.3. The van der Waals surface area contributed by atoms with E-state index in [-0.39, 0.29) is 49.2 Å². The molecule has 9 atom stereocenters. The molecular formula is C26H41NO8. The van der Waals surface area contributed by atoms with Gasteiger partial charge in [0.25, 0.3) is 0 Å². The topological polar surface area (TPSA) is 104 Å². The third-order valence-corrected chi connectivity index (χ3v) is 9.30. The Labute approximate surface area is 207 Å². The summed E-state index contributed by atoms with van der Waals surface area (Å²) in [6.07, 6.45) is 5.87. The van der Waals surface area contributed by atoms with Gasteiger partial charge in [0.1, 0.15) is 0 Å². The molecule has 5 saturated heterocycles. The molecular weight excluding hydrogens is 454 g/mol. The number of carbonyl (C=O) groups excluding carboxylic acids is 2. The number of aliphatic hydroxyl groups is 1. The van der Waals surface area contributed by atoms with Crippen molar-refractivity contribution in [1.82, 2.24) is 4.90 Å². The van der Waals surface area contributed by atoms with Crippen molar-refractivity contribution >= 4 is 11.9 Å². The van der Waals surface area contributed by atoms with Crippen LogP contribution in [0.3, 0.4) is 0 Å². The molecule has 1 amide bonds. The van der Waals surface area contributed by atoms with E-state index in [0.717, 1.165) is 44.9 Å². The van der Waals surface area contributed by atoms with E-state index in [2.05, 4.69) is 6.92 Å². The van der Waals surface area contributed by atoms with Crippen LogP contribution < -0.4 is 0 Å². The van der Waals surface area contributed by atoms with E-state index in [9.17, 15) is 14.7 Å². The van der Waals surface area contributed by atoms with E-state index in [1.54, 1.807) is 0 Å². The Hall–Kier alpha value is -1.26. The van der Waals surface area contributed by atoms with Crippen LogP contribution in [0.4, 0.5) is 0 Å². The van der Waals surface area contributed by atoms with Crippen molar-refractivity contribution in [2.24, 2.45) is 23.7 Å². The van der Waals surface area contributed by atoms with E-state index < -0.39 is 29.9 Å². The highest BCUT2D eigenvalue weighted by atomic mass is 17.3. The first-order valence-electron chi connectivity index (χ1n) is 13.6. The fraction of sp³-hybridized carbons (Fsp3) is 0.923. The summed E-state index contributed by atoms with van der Waals surface area (Å²) in [6.45, 7) is 6.92. The zero-order valence-electron chi connectivity index (χ0n) is 21.3. The van der Waals surface area contributed by atoms with Crippen molar-refractivity contribution in [3.8, 4) is 0 Å². The molecule has 1 spiro atoms. The summed E-state index contributed by atoms with van der Waals surface area (Å²) >= 11 is 0. The standard InChI is InChI=1S/C26H41NO8/c1-16-7-8-20-17(2)23(32-24-26(20)19(16)11-13-25(3,33-24)34-35-26)31-22(30)10-9-21(29)27-14-5-4-6-18(27)12-15-28/h16-20,23-24,28H,4-15H2,1-3H3/t16-,17-,18+,19-,20-,23-,24-,25-,26-/m1/s1. The molecule has 6 rings (SSSR count). The summed E-state index contributed by atoms with van der Waals surface area (Å²) in [5, 5.41) is 9.32. The summed E-state index contributed by atoms with van der Waals surface area (Å²) in [4.78, 5) is 39.4. The number of nitrogens with zero attached hydrogens (tertiary/aromatic N) is 1. The van der Waals surface area contributed by atoms with E-state index in [1.165, 1.54) is 0 Å². The molecule has 5 aliphatic heterocycles. The summed E-state index contributed by atoms with van der Waals surface area (Å²) < 4.78 is 18.4. The minimum atomic E-state index is -0.876. The number of rotatable bonds is 6. The first-order chi connectivity index (χ1) is 16.8. The largest absolute Gasteiger partial charge is 0.435 e. The molecule has 1 aliphatic carbocycles. The molecule has 9 nitrogen and oxygen atoms in total. The highest BCUT2D eigenvalue weighted by Gasteiger charge is 2.69. The number of ether oxygens (including phenoxy) is 3. The Bertz CT molecular complexity index is 806. The molecule has 6 aliphatic rings. The van der Waals surface area contributed by atoms with E-state index in [1.807, 2.05) is 18.7 Å². The van der Waals surface area contributed by atoms with Crippen LogP contribution in [0.15, 0.2) is 0 Å². The Kier molecular flexibility index (Phi) is 7.18. The number of piperidine rings is 1. The predicted molar refractivity (Wildman–Crippen MR) is 123 cm³/mol. The Morgan fingerprint density at radius 1 is 1.06 bits per heavy atom. The summed E-state index contributed by atoms with van der Waals surface area (Å²) in [5.74, 6) is -0.661. The quantitative estimate of drug-likeness (QED) is 0.442. The van der Waals surface area contributed by atoms with Crippen LogP contribution in [0.25, 0.3) is 0 Å². The molecule has 9 heteroatoms. The zero-order chi connectivity index (χ0) is 24.8. The fourth-order valence-electron chi connectivity index (χ4n) is 7.33. The summed E-state index contributed by atoms with van der Waals surface area (Å²) in [7, 11) is 0. The van der Waals surface area contributed by atoms with Crippen molar-refractivity contribution in [2.75, 3.05) is 13.2 Å². The van der Waals surface area contributed by atoms with E-state index >= 15 is 0 Å². The Balaban J connectivity index is 1.23. The van der Waals surface area contributed by atoms with Crippen molar-refractivity contribution in [2.45, 2.75) is 115 Å². The van der Waals surface area contributed by atoms with E-state index in [0.29, 0.717) is 18.9 Å². The smallest absolute Gasteiger partial charge is 0.308 e. The molecule has 0 aromatic carbocycles. The average Bonchev–Trinajstić information content (AvgIpc) is 3.07. The molecule has 35 heavy (non-hydrogen) atoms. The van der Waals surface area contributed by atoms with Crippen LogP contribution in [0, 0.1) is 23.7 Å². The number of aliphatic hydroxyl groups excluding tert-OH is 1. The Morgan fingerprint density at radius 3 is 2.69 bits per heavy atom. The lowest BCUT2D eigenvalue weighted by molar-refractivity contribution is -0.576. The number of fused-ring (bicyclic) bond motifs is 2. The maximum atomic E-state index is 12.8. The van der Waals surface area contributed by atoms with Gasteiger partial charge in [-0.15, -0.1) is 0 Å². The maximum Gasteiger partial charge on any atom is 0.308 e. The second-order valence-electron chi connectivity index (χ2n) is 11.5. The summed E-state index contributed by atoms with van der Waals surface area (Å²) in [5.41, 5.74) is -0.693. The van der Waals surface area contributed by atoms with Crippen LogP contribution in [0.5, 0.6) is 0 Å². The Morgan fingerprint density at radius 2 is 1.89 bits per heavy atom. The van der Waals surface area contributed by atoms with Gasteiger partial charge < -0.3 is 24.2 Å². The van der Waals surface area contributed by atoms with Gasteiger partial charge in [0.05, 0.1) is 6.42 Å². The molecule has 1 N–H and O–H groups in total. The molecule has 0 aromatic rings. The fourth-order valence-corrected chi connectivity index (χ4v) is 7.33. The molecule has 0 aromatic heterocycles. The van der Waals surface area contributed by atoms with Gasteiger partial charge in [0.15, 0.2) is 11.9 Å². The minimum Gasteiger partial charge on any atom is -0.435 e. The van der Waals surface area contributed by atoms with Crippen molar-refractivity contribution in [1.29, 1.82) is 0 Å². The summed E-state index contributed by atoms with van der Waals surface area (Å²) in [6, 6.07) is 0.0585. The van der Waals surface area contributed by atoms with Crippen LogP contribution in [0.1, 0.15) is 85.0 Å². The molecule has 0 unspecified atom stereocenters. The second-order valence-corrected chi connectivity index (χ2v) is 11.5. The van der Waals surface area contributed by atoms with Gasteiger partial charge in [-0.2, -0.15) is 0 Å². The number of likely N-dealkylation sites (tertiary alicyclic amines) is 1.